The summed E-state index contributed by atoms with van der Waals surface area (Å²) in [6, 6.07) is 3.01. The average molecular weight is 262 g/mol. The van der Waals surface area contributed by atoms with Crippen molar-refractivity contribution in [1.29, 1.82) is 0 Å². The quantitative estimate of drug-likeness (QED) is 0.759. The third kappa shape index (κ3) is 2.67. The van der Waals surface area contributed by atoms with Crippen molar-refractivity contribution >= 4 is 12.6 Å². The summed E-state index contributed by atoms with van der Waals surface area (Å²) < 4.78 is 48.7. The van der Waals surface area contributed by atoms with Gasteiger partial charge in [-0.05, 0) is 11.5 Å². The Hall–Kier alpha value is -1.09. The van der Waals surface area contributed by atoms with Crippen LogP contribution in [0, 0.1) is 0 Å². The molecule has 0 amide bonds. The van der Waals surface area contributed by atoms with Gasteiger partial charge in [0, 0.05) is 5.56 Å². The largest absolute Gasteiger partial charge is 0.488 e. The van der Waals surface area contributed by atoms with Crippen LogP contribution in [-0.4, -0.2) is 30.4 Å². The molecule has 0 bridgehead atoms. The first-order valence-electron chi connectivity index (χ1n) is 5.20. The van der Waals surface area contributed by atoms with Crippen LogP contribution in [0.25, 0.3) is 0 Å². The minimum atomic E-state index is -4.62. The topological polar surface area (TPSA) is 58.9 Å². The van der Waals surface area contributed by atoms with E-state index in [-0.39, 0.29) is 24.2 Å². The fraction of sp³-hybridized carbons (Fsp3) is 0.400. The zero-order valence-electron chi connectivity index (χ0n) is 9.15. The highest BCUT2D eigenvalue weighted by atomic mass is 19.4. The normalized spacial score (nSPS) is 17.2. The molecule has 4 nitrogen and oxygen atoms in total. The third-order valence-corrected chi connectivity index (χ3v) is 2.56. The third-order valence-electron chi connectivity index (χ3n) is 2.56. The molecule has 0 atom stereocenters. The predicted octanol–water partition coefficient (Wildman–Crippen LogP) is 0.431. The Morgan fingerprint density at radius 1 is 1.17 bits per heavy atom. The van der Waals surface area contributed by atoms with E-state index >= 15 is 0 Å². The molecule has 8 heteroatoms. The summed E-state index contributed by atoms with van der Waals surface area (Å²) in [4.78, 5) is 0. The van der Waals surface area contributed by atoms with Crippen molar-refractivity contribution in [2.45, 2.75) is 12.5 Å². The fourth-order valence-corrected chi connectivity index (χ4v) is 1.72. The van der Waals surface area contributed by atoms with Crippen molar-refractivity contribution < 1.29 is 32.7 Å². The molecule has 98 valence electrons. The highest BCUT2D eigenvalue weighted by Crippen LogP contribution is 2.36. The van der Waals surface area contributed by atoms with E-state index in [2.05, 4.69) is 0 Å². The van der Waals surface area contributed by atoms with E-state index in [4.69, 9.17) is 19.5 Å². The highest BCUT2D eigenvalue weighted by molar-refractivity contribution is 6.58. The van der Waals surface area contributed by atoms with Crippen molar-refractivity contribution in [3.05, 3.63) is 29.3 Å². The van der Waals surface area contributed by atoms with E-state index in [9.17, 15) is 13.2 Å². The molecule has 18 heavy (non-hydrogen) atoms. The molecule has 1 aliphatic heterocycles. The van der Waals surface area contributed by atoms with Crippen molar-refractivity contribution in [1.82, 2.24) is 0 Å². The predicted molar refractivity (Wildman–Crippen MR) is 55.9 cm³/mol. The van der Waals surface area contributed by atoms with E-state index < -0.39 is 25.1 Å². The number of hydrogen-bond donors (Lipinski definition) is 2. The number of rotatable bonds is 2. The van der Waals surface area contributed by atoms with Gasteiger partial charge in [-0.15, -0.1) is 0 Å². The van der Waals surface area contributed by atoms with Gasteiger partial charge in [0.05, 0.1) is 18.8 Å². The van der Waals surface area contributed by atoms with Crippen LogP contribution in [0.3, 0.4) is 0 Å². The van der Waals surface area contributed by atoms with Crippen LogP contribution in [0.5, 0.6) is 0 Å². The Morgan fingerprint density at radius 2 is 1.78 bits per heavy atom. The number of ether oxygens (including phenoxy) is 2. The van der Waals surface area contributed by atoms with Crippen molar-refractivity contribution in [3.8, 4) is 0 Å². The Bertz CT molecular complexity index is 430. The molecular formula is C10H10BF3O4. The van der Waals surface area contributed by atoms with Gasteiger partial charge in [-0.1, -0.05) is 12.1 Å². The lowest BCUT2D eigenvalue weighted by atomic mass is 9.78. The zero-order valence-corrected chi connectivity index (χ0v) is 9.15. The first-order chi connectivity index (χ1) is 8.39. The smallest absolute Gasteiger partial charge is 0.423 e. The summed E-state index contributed by atoms with van der Waals surface area (Å²) in [5.41, 5.74) is -1.38. The first kappa shape index (κ1) is 13.3. The Morgan fingerprint density at radius 3 is 2.28 bits per heavy atom. The van der Waals surface area contributed by atoms with Crippen LogP contribution in [0.15, 0.2) is 18.2 Å². The Balaban J connectivity index is 2.45. The van der Waals surface area contributed by atoms with E-state index in [0.29, 0.717) is 6.07 Å². The van der Waals surface area contributed by atoms with Crippen LogP contribution < -0.4 is 5.46 Å². The Kier molecular flexibility index (Phi) is 3.62. The maximum absolute atomic E-state index is 12.9. The van der Waals surface area contributed by atoms with Crippen LogP contribution in [-0.2, 0) is 15.7 Å². The molecule has 1 aromatic carbocycles. The van der Waals surface area contributed by atoms with Gasteiger partial charge < -0.3 is 19.5 Å². The molecular weight excluding hydrogens is 252 g/mol. The molecule has 2 N–H and O–H groups in total. The molecule has 1 aliphatic rings. The van der Waals surface area contributed by atoms with Crippen LogP contribution in [0.1, 0.15) is 17.4 Å². The average Bonchev–Trinajstić information content (AvgIpc) is 2.80. The molecule has 2 rings (SSSR count). The first-order valence-corrected chi connectivity index (χ1v) is 5.20. The molecule has 0 spiro atoms. The highest BCUT2D eigenvalue weighted by Gasteiger charge is 2.37. The Labute approximate surface area is 101 Å². The van der Waals surface area contributed by atoms with Crippen LogP contribution in [0.4, 0.5) is 13.2 Å². The van der Waals surface area contributed by atoms with E-state index in [1.165, 1.54) is 6.07 Å². The second kappa shape index (κ2) is 4.89. The zero-order chi connectivity index (χ0) is 13.3. The monoisotopic (exact) mass is 262 g/mol. The lowest BCUT2D eigenvalue weighted by Gasteiger charge is -2.17. The standard InChI is InChI=1S/C10H10BF3O4/c12-10(13,14)8-5-6(11(15)16)1-2-7(8)9-17-3-4-18-9/h1-2,5,9,15-16H,3-4H2. The molecule has 0 unspecified atom stereocenters. The van der Waals surface area contributed by atoms with E-state index in [1.807, 2.05) is 0 Å². The van der Waals surface area contributed by atoms with Crippen molar-refractivity contribution in [3.63, 3.8) is 0 Å². The summed E-state index contributed by atoms with van der Waals surface area (Å²) in [5.74, 6) is 0. The van der Waals surface area contributed by atoms with Crippen LogP contribution >= 0.6 is 0 Å². The maximum Gasteiger partial charge on any atom is 0.488 e. The van der Waals surface area contributed by atoms with Gasteiger partial charge >= 0.3 is 13.3 Å². The molecule has 0 aromatic heterocycles. The minimum Gasteiger partial charge on any atom is -0.423 e. The van der Waals surface area contributed by atoms with Gasteiger partial charge in [-0.2, -0.15) is 13.2 Å². The molecule has 0 aliphatic carbocycles. The van der Waals surface area contributed by atoms with E-state index in [0.717, 1.165) is 6.07 Å². The van der Waals surface area contributed by atoms with Gasteiger partial charge in [0.1, 0.15) is 0 Å². The van der Waals surface area contributed by atoms with Crippen molar-refractivity contribution in [2.24, 2.45) is 0 Å². The lowest BCUT2D eigenvalue weighted by molar-refractivity contribution is -0.142. The van der Waals surface area contributed by atoms with Gasteiger partial charge in [0.15, 0.2) is 6.29 Å². The second-order valence-electron chi connectivity index (χ2n) is 3.79. The molecule has 1 aromatic rings. The van der Waals surface area contributed by atoms with Gasteiger partial charge in [-0.3, -0.25) is 0 Å². The minimum absolute atomic E-state index is 0.163. The molecule has 0 radical (unpaired) electrons. The number of alkyl halides is 3. The van der Waals surface area contributed by atoms with E-state index in [1.54, 1.807) is 0 Å². The number of hydrogen-bond acceptors (Lipinski definition) is 4. The summed E-state index contributed by atoms with van der Waals surface area (Å²) in [7, 11) is -1.95. The van der Waals surface area contributed by atoms with Gasteiger partial charge in [0.25, 0.3) is 0 Å². The summed E-state index contributed by atoms with van der Waals surface area (Å²) >= 11 is 0. The fourth-order valence-electron chi connectivity index (χ4n) is 1.72. The maximum atomic E-state index is 12.9. The number of halogens is 3. The molecule has 0 saturated carbocycles. The second-order valence-corrected chi connectivity index (χ2v) is 3.79. The summed E-state index contributed by atoms with van der Waals surface area (Å²) in [6.45, 7) is 0.457. The summed E-state index contributed by atoms with van der Waals surface area (Å²) in [5, 5.41) is 17.8. The van der Waals surface area contributed by atoms with Crippen LogP contribution in [0.2, 0.25) is 0 Å². The molecule has 1 fully saturated rings. The van der Waals surface area contributed by atoms with Gasteiger partial charge in [-0.25, -0.2) is 0 Å². The van der Waals surface area contributed by atoms with Crippen molar-refractivity contribution in [2.75, 3.05) is 13.2 Å². The SMILES string of the molecule is OB(O)c1ccc(C2OCCO2)c(C(F)(F)F)c1. The number of benzene rings is 1. The molecule has 1 saturated heterocycles. The molecule has 1 heterocycles. The van der Waals surface area contributed by atoms with Gasteiger partial charge in [0.2, 0.25) is 0 Å². The summed E-state index contributed by atoms with van der Waals surface area (Å²) in [6.07, 6.45) is -5.68. The lowest BCUT2D eigenvalue weighted by Crippen LogP contribution is -2.31.